The molecule has 0 aromatic heterocycles. The summed E-state index contributed by atoms with van der Waals surface area (Å²) in [5, 5.41) is 9.15. The molecule has 0 spiro atoms. The van der Waals surface area contributed by atoms with E-state index in [1.165, 1.54) is 12.1 Å². The molecule has 1 rings (SSSR count). The average molecular weight is 424 g/mol. The number of carbonyl (C=O) groups is 1. The first-order chi connectivity index (χ1) is 12.5. The number of carbonyl (C=O) groups excluding carboxylic acids is 1. The van der Waals surface area contributed by atoms with Crippen LogP contribution in [0, 0.1) is 6.92 Å². The molecular weight excluding hydrogens is 412 g/mol. The third-order valence-corrected chi connectivity index (χ3v) is 2.99. The fourth-order valence-corrected chi connectivity index (χ4v) is 1.56. The number of hydrogen-bond acceptors (Lipinski definition) is 5. The molecule has 0 aliphatic carbocycles. The monoisotopic (exact) mass is 424 g/mol. The Hall–Kier alpha value is -2.25. The van der Waals surface area contributed by atoms with Crippen LogP contribution in [0.5, 0.6) is 0 Å². The molecule has 28 heavy (non-hydrogen) atoms. The summed E-state index contributed by atoms with van der Waals surface area (Å²) in [4.78, 5) is 11.7. The second-order valence-corrected chi connectivity index (χ2v) is 5.18. The van der Waals surface area contributed by atoms with Crippen LogP contribution < -0.4 is 0 Å². The summed E-state index contributed by atoms with van der Waals surface area (Å²) in [5.41, 5.74) is 0.450. The van der Waals surface area contributed by atoms with Gasteiger partial charge in [-0.2, -0.15) is 26.3 Å². The van der Waals surface area contributed by atoms with Crippen LogP contribution in [0.15, 0.2) is 36.1 Å². The van der Waals surface area contributed by atoms with E-state index in [2.05, 4.69) is 14.2 Å². The number of aryl methyl sites for hydroxylation is 1. The number of hydrogen-bond donors (Lipinski definition) is 1. The van der Waals surface area contributed by atoms with Crippen molar-refractivity contribution < 1.29 is 59.2 Å². The zero-order valence-electron chi connectivity index (χ0n) is 14.0. The molecule has 1 aromatic carbocycles. The van der Waals surface area contributed by atoms with Gasteiger partial charge in [-0.1, -0.05) is 29.8 Å². The molecule has 0 heterocycles. The molecule has 0 bridgehead atoms. The number of ketones is 1. The maximum Gasteiger partial charge on any atom is 0.495 e. The SMILES string of the molecule is COC(F)(F)C(F)(F)OC(F)(F)OC(F)(F)/C(O)=C/C(=O)c1ccc(C)cc1. The Kier molecular flexibility index (Phi) is 6.80. The lowest BCUT2D eigenvalue weighted by Gasteiger charge is -2.29. The van der Waals surface area contributed by atoms with Gasteiger partial charge in [-0.05, 0) is 6.92 Å². The molecule has 0 amide bonds. The van der Waals surface area contributed by atoms with Crippen LogP contribution in [0.3, 0.4) is 0 Å². The van der Waals surface area contributed by atoms with E-state index in [4.69, 9.17) is 5.11 Å². The van der Waals surface area contributed by atoms with Gasteiger partial charge >= 0.3 is 24.6 Å². The normalized spacial score (nSPS) is 14.3. The molecule has 0 radical (unpaired) electrons. The minimum absolute atomic E-state index is 0.0100. The second kappa shape index (κ2) is 8.01. The van der Waals surface area contributed by atoms with Crippen molar-refractivity contribution in [2.45, 2.75) is 31.5 Å². The van der Waals surface area contributed by atoms with E-state index in [0.717, 1.165) is 12.1 Å². The van der Waals surface area contributed by atoms with E-state index < -0.39 is 36.2 Å². The Labute approximate surface area is 152 Å². The van der Waals surface area contributed by atoms with Crippen LogP contribution in [-0.4, -0.2) is 42.6 Å². The Morgan fingerprint density at radius 3 is 1.89 bits per heavy atom. The molecule has 13 heteroatoms. The number of alkyl halides is 8. The number of aliphatic hydroxyl groups is 1. The van der Waals surface area contributed by atoms with E-state index in [0.29, 0.717) is 5.56 Å². The van der Waals surface area contributed by atoms with E-state index in [9.17, 15) is 39.9 Å². The van der Waals surface area contributed by atoms with Gasteiger partial charge in [0.25, 0.3) is 0 Å². The molecule has 0 saturated carbocycles. The third kappa shape index (κ3) is 5.87. The molecule has 1 N–H and O–H groups in total. The van der Waals surface area contributed by atoms with Gasteiger partial charge in [0.05, 0.1) is 0 Å². The number of ether oxygens (including phenoxy) is 3. The summed E-state index contributed by atoms with van der Waals surface area (Å²) < 4.78 is 112. The van der Waals surface area contributed by atoms with Gasteiger partial charge in [-0.3, -0.25) is 4.79 Å². The Morgan fingerprint density at radius 1 is 0.929 bits per heavy atom. The summed E-state index contributed by atoms with van der Waals surface area (Å²) in [6.45, 7) is 1.63. The molecule has 0 atom stereocenters. The van der Waals surface area contributed by atoms with Gasteiger partial charge in [-0.25, -0.2) is 9.47 Å². The number of aliphatic hydroxyl groups excluding tert-OH is 1. The number of methoxy groups -OCH3 is 1. The topological polar surface area (TPSA) is 65.0 Å². The fraction of sp³-hybridized carbons (Fsp3) is 0.400. The van der Waals surface area contributed by atoms with Gasteiger partial charge in [-0.15, -0.1) is 8.78 Å². The zero-order chi connectivity index (χ0) is 22.0. The first-order valence-electron chi connectivity index (χ1n) is 7.02. The van der Waals surface area contributed by atoms with Crippen molar-refractivity contribution in [3.8, 4) is 0 Å². The van der Waals surface area contributed by atoms with Crippen molar-refractivity contribution in [2.75, 3.05) is 7.11 Å². The van der Waals surface area contributed by atoms with Gasteiger partial charge in [0.2, 0.25) is 0 Å². The molecule has 0 saturated heterocycles. The van der Waals surface area contributed by atoms with Crippen LogP contribution in [0.25, 0.3) is 0 Å². The van der Waals surface area contributed by atoms with Gasteiger partial charge in [0.1, 0.15) is 0 Å². The van der Waals surface area contributed by atoms with Crippen molar-refractivity contribution in [1.82, 2.24) is 0 Å². The van der Waals surface area contributed by atoms with Crippen molar-refractivity contribution in [3.05, 3.63) is 47.2 Å². The summed E-state index contributed by atoms with van der Waals surface area (Å²) >= 11 is 0. The molecule has 158 valence electrons. The second-order valence-electron chi connectivity index (χ2n) is 5.18. The highest BCUT2D eigenvalue weighted by atomic mass is 19.3. The minimum atomic E-state index is -6.08. The van der Waals surface area contributed by atoms with Crippen molar-refractivity contribution in [1.29, 1.82) is 0 Å². The largest absolute Gasteiger partial charge is 0.504 e. The standard InChI is InChI=1S/C15H12F8O5/c1-8-3-5-9(6-4-8)10(24)7-11(25)12(16,17)27-15(22,23)28-14(20,21)13(18,19)26-2/h3-7,25H,1-2H3/b11-7-. The van der Waals surface area contributed by atoms with Gasteiger partial charge in [0.15, 0.2) is 11.5 Å². The van der Waals surface area contributed by atoms with Gasteiger partial charge in [0, 0.05) is 18.7 Å². The average Bonchev–Trinajstić information content (AvgIpc) is 2.52. The number of benzene rings is 1. The summed E-state index contributed by atoms with van der Waals surface area (Å²) in [6, 6.07) is 5.11. The van der Waals surface area contributed by atoms with Crippen LogP contribution in [0.4, 0.5) is 35.1 Å². The maximum atomic E-state index is 13.5. The van der Waals surface area contributed by atoms with Crippen LogP contribution in [0.2, 0.25) is 0 Å². The Balaban J connectivity index is 2.98. The zero-order valence-corrected chi connectivity index (χ0v) is 14.0. The molecule has 1 aromatic rings. The fourth-order valence-electron chi connectivity index (χ4n) is 1.56. The molecule has 0 fully saturated rings. The Morgan fingerprint density at radius 2 is 1.43 bits per heavy atom. The third-order valence-electron chi connectivity index (χ3n) is 2.99. The van der Waals surface area contributed by atoms with Crippen molar-refractivity contribution >= 4 is 5.78 Å². The molecular formula is C15H12F8O5. The minimum Gasteiger partial charge on any atom is -0.504 e. The van der Waals surface area contributed by atoms with Crippen molar-refractivity contribution in [2.24, 2.45) is 0 Å². The molecule has 0 aliphatic rings. The predicted molar refractivity (Wildman–Crippen MR) is 75.2 cm³/mol. The van der Waals surface area contributed by atoms with Crippen LogP contribution in [-0.2, 0) is 14.2 Å². The van der Waals surface area contributed by atoms with E-state index in [-0.39, 0.29) is 18.7 Å². The lowest BCUT2D eigenvalue weighted by molar-refractivity contribution is -0.548. The Bertz CT molecular complexity index is 730. The van der Waals surface area contributed by atoms with Crippen LogP contribution >= 0.6 is 0 Å². The lowest BCUT2D eigenvalue weighted by atomic mass is 10.1. The smallest absolute Gasteiger partial charge is 0.495 e. The molecule has 0 unspecified atom stereocenters. The first kappa shape index (κ1) is 23.8. The number of allylic oxidation sites excluding steroid dienone is 1. The van der Waals surface area contributed by atoms with Crippen LogP contribution in [0.1, 0.15) is 15.9 Å². The molecule has 5 nitrogen and oxygen atoms in total. The van der Waals surface area contributed by atoms with Gasteiger partial charge < -0.3 is 9.84 Å². The first-order valence-corrected chi connectivity index (χ1v) is 7.02. The highest BCUT2D eigenvalue weighted by Gasteiger charge is 2.66. The van der Waals surface area contributed by atoms with E-state index >= 15 is 0 Å². The lowest BCUT2D eigenvalue weighted by Crippen LogP contribution is -2.50. The van der Waals surface area contributed by atoms with E-state index in [1.54, 1.807) is 6.92 Å². The number of rotatable bonds is 9. The highest BCUT2D eigenvalue weighted by molar-refractivity contribution is 6.04. The summed E-state index contributed by atoms with van der Waals surface area (Å²) in [5.74, 6) is -3.69. The number of halogens is 8. The summed E-state index contributed by atoms with van der Waals surface area (Å²) in [7, 11) is 0.0100. The predicted octanol–water partition coefficient (Wildman–Crippen LogP) is 4.63. The summed E-state index contributed by atoms with van der Waals surface area (Å²) in [6.07, 6.45) is -23.4. The maximum absolute atomic E-state index is 13.5. The quantitative estimate of drug-likeness (QED) is 0.206. The highest BCUT2D eigenvalue weighted by Crippen LogP contribution is 2.42. The van der Waals surface area contributed by atoms with Crippen molar-refractivity contribution in [3.63, 3.8) is 0 Å². The molecule has 0 aliphatic heterocycles. The van der Waals surface area contributed by atoms with E-state index in [1.807, 2.05) is 0 Å².